The Hall–Kier alpha value is -1.02. The lowest BCUT2D eigenvalue weighted by molar-refractivity contribution is 0.0913. The molecule has 19 heavy (non-hydrogen) atoms. The topological polar surface area (TPSA) is 29.5 Å². The molecule has 0 spiro atoms. The molecule has 1 aromatic rings. The summed E-state index contributed by atoms with van der Waals surface area (Å²) in [4.78, 5) is 0. The summed E-state index contributed by atoms with van der Waals surface area (Å²) in [6.07, 6.45) is 9.52. The van der Waals surface area contributed by atoms with Crippen molar-refractivity contribution in [3.8, 4) is 5.75 Å². The van der Waals surface area contributed by atoms with Gasteiger partial charge in [-0.05, 0) is 42.9 Å². The lowest BCUT2D eigenvalue weighted by atomic mass is 9.85. The van der Waals surface area contributed by atoms with Crippen molar-refractivity contribution < 1.29 is 9.84 Å². The molecular weight excluding hydrogens is 236 g/mol. The fourth-order valence-corrected chi connectivity index (χ4v) is 3.08. The van der Waals surface area contributed by atoms with E-state index in [2.05, 4.69) is 6.07 Å². The molecule has 0 radical (unpaired) electrons. The Morgan fingerprint density at radius 1 is 1.16 bits per heavy atom. The van der Waals surface area contributed by atoms with Crippen molar-refractivity contribution in [2.45, 2.75) is 57.5 Å². The fraction of sp³-hybridized carbons (Fsp3) is 0.647. The third-order valence-corrected chi connectivity index (χ3v) is 4.27. The van der Waals surface area contributed by atoms with Gasteiger partial charge in [0.25, 0.3) is 0 Å². The first-order chi connectivity index (χ1) is 9.29. The molecule has 2 nitrogen and oxygen atoms in total. The third-order valence-electron chi connectivity index (χ3n) is 4.27. The number of ether oxygens (including phenoxy) is 1. The number of benzene rings is 1. The van der Waals surface area contributed by atoms with Crippen molar-refractivity contribution in [2.75, 3.05) is 7.11 Å². The van der Waals surface area contributed by atoms with Gasteiger partial charge in [-0.2, -0.15) is 0 Å². The Bertz CT molecular complexity index is 367. The second-order valence-electron chi connectivity index (χ2n) is 5.73. The molecule has 0 saturated heterocycles. The summed E-state index contributed by atoms with van der Waals surface area (Å²) < 4.78 is 5.24. The highest BCUT2D eigenvalue weighted by Crippen LogP contribution is 2.27. The predicted octanol–water partition coefficient (Wildman–Crippen LogP) is 3.96. The van der Waals surface area contributed by atoms with Crippen LogP contribution in [0.15, 0.2) is 24.3 Å². The average molecular weight is 262 g/mol. The lowest BCUT2D eigenvalue weighted by Gasteiger charge is -2.25. The molecule has 0 aromatic heterocycles. The maximum Gasteiger partial charge on any atom is 0.119 e. The van der Waals surface area contributed by atoms with Crippen LogP contribution in [0.4, 0.5) is 0 Å². The molecule has 0 heterocycles. The SMILES string of the molecule is COc1cccc(CC(O)C2CCCCCCC2)c1. The molecule has 1 aromatic carbocycles. The molecule has 0 aliphatic heterocycles. The van der Waals surface area contributed by atoms with Crippen molar-refractivity contribution >= 4 is 0 Å². The minimum atomic E-state index is -0.204. The first kappa shape index (κ1) is 14.4. The van der Waals surface area contributed by atoms with Gasteiger partial charge in [0.05, 0.1) is 13.2 Å². The van der Waals surface area contributed by atoms with E-state index < -0.39 is 0 Å². The number of aliphatic hydroxyl groups is 1. The largest absolute Gasteiger partial charge is 0.497 e. The van der Waals surface area contributed by atoms with Crippen molar-refractivity contribution in [1.29, 1.82) is 0 Å². The minimum absolute atomic E-state index is 0.204. The van der Waals surface area contributed by atoms with Crippen molar-refractivity contribution in [3.05, 3.63) is 29.8 Å². The highest BCUT2D eigenvalue weighted by molar-refractivity contribution is 5.28. The fourth-order valence-electron chi connectivity index (χ4n) is 3.08. The van der Waals surface area contributed by atoms with Gasteiger partial charge in [0, 0.05) is 0 Å². The Balaban J connectivity index is 1.92. The predicted molar refractivity (Wildman–Crippen MR) is 78.5 cm³/mol. The summed E-state index contributed by atoms with van der Waals surface area (Å²) in [6.45, 7) is 0. The number of aliphatic hydroxyl groups excluding tert-OH is 1. The smallest absolute Gasteiger partial charge is 0.119 e. The molecular formula is C17H26O2. The summed E-state index contributed by atoms with van der Waals surface area (Å²) >= 11 is 0. The maximum absolute atomic E-state index is 10.5. The van der Waals surface area contributed by atoms with Crippen LogP contribution in [-0.4, -0.2) is 18.3 Å². The van der Waals surface area contributed by atoms with Gasteiger partial charge in [-0.15, -0.1) is 0 Å². The Kier molecular flexibility index (Phi) is 5.71. The van der Waals surface area contributed by atoms with Crippen LogP contribution in [0.25, 0.3) is 0 Å². The molecule has 1 unspecified atom stereocenters. The van der Waals surface area contributed by atoms with Crippen molar-refractivity contribution in [3.63, 3.8) is 0 Å². The lowest BCUT2D eigenvalue weighted by Crippen LogP contribution is -2.23. The summed E-state index contributed by atoms with van der Waals surface area (Å²) in [5, 5.41) is 10.5. The molecule has 106 valence electrons. The zero-order chi connectivity index (χ0) is 13.5. The summed E-state index contributed by atoms with van der Waals surface area (Å²) in [7, 11) is 1.68. The van der Waals surface area contributed by atoms with Crippen LogP contribution in [0.2, 0.25) is 0 Å². The number of methoxy groups -OCH3 is 1. The number of hydrogen-bond donors (Lipinski definition) is 1. The van der Waals surface area contributed by atoms with Crippen LogP contribution in [-0.2, 0) is 6.42 Å². The van der Waals surface area contributed by atoms with Crippen molar-refractivity contribution in [2.24, 2.45) is 5.92 Å². The van der Waals surface area contributed by atoms with E-state index >= 15 is 0 Å². The van der Waals surface area contributed by atoms with E-state index in [1.54, 1.807) is 7.11 Å². The second-order valence-corrected chi connectivity index (χ2v) is 5.73. The normalized spacial score (nSPS) is 19.5. The molecule has 2 heteroatoms. The van der Waals surface area contributed by atoms with Crippen LogP contribution in [0.1, 0.15) is 50.5 Å². The Labute approximate surface area is 116 Å². The molecule has 1 aliphatic rings. The first-order valence-electron chi connectivity index (χ1n) is 7.60. The second kappa shape index (κ2) is 7.54. The molecule has 1 fully saturated rings. The molecule has 0 bridgehead atoms. The van der Waals surface area contributed by atoms with Crippen LogP contribution in [0.5, 0.6) is 5.75 Å². The molecule has 0 amide bonds. The van der Waals surface area contributed by atoms with E-state index in [0.29, 0.717) is 5.92 Å². The Morgan fingerprint density at radius 3 is 2.53 bits per heavy atom. The van der Waals surface area contributed by atoms with E-state index in [0.717, 1.165) is 12.2 Å². The van der Waals surface area contributed by atoms with Crippen LogP contribution in [0.3, 0.4) is 0 Å². The van der Waals surface area contributed by atoms with Crippen LogP contribution < -0.4 is 4.74 Å². The standard InChI is InChI=1S/C17H26O2/c1-19-16-11-7-8-14(12-16)13-17(18)15-9-5-3-2-4-6-10-15/h7-8,11-12,15,17-18H,2-6,9-10,13H2,1H3. The summed E-state index contributed by atoms with van der Waals surface area (Å²) in [5.74, 6) is 1.36. The van der Waals surface area contributed by atoms with E-state index in [1.165, 1.54) is 50.5 Å². The van der Waals surface area contributed by atoms with E-state index in [9.17, 15) is 5.11 Å². The monoisotopic (exact) mass is 262 g/mol. The van der Waals surface area contributed by atoms with Gasteiger partial charge in [0.1, 0.15) is 5.75 Å². The summed E-state index contributed by atoms with van der Waals surface area (Å²) in [6, 6.07) is 8.06. The van der Waals surface area contributed by atoms with Gasteiger partial charge in [0.2, 0.25) is 0 Å². The molecule has 1 saturated carbocycles. The van der Waals surface area contributed by atoms with E-state index in [4.69, 9.17) is 4.74 Å². The van der Waals surface area contributed by atoms with Crippen molar-refractivity contribution in [1.82, 2.24) is 0 Å². The van der Waals surface area contributed by atoms with Gasteiger partial charge in [-0.25, -0.2) is 0 Å². The number of hydrogen-bond acceptors (Lipinski definition) is 2. The third kappa shape index (κ3) is 4.54. The van der Waals surface area contributed by atoms with Gasteiger partial charge in [-0.3, -0.25) is 0 Å². The van der Waals surface area contributed by atoms with E-state index in [-0.39, 0.29) is 6.10 Å². The minimum Gasteiger partial charge on any atom is -0.497 e. The first-order valence-corrected chi connectivity index (χ1v) is 7.60. The van der Waals surface area contributed by atoms with Gasteiger partial charge in [0.15, 0.2) is 0 Å². The van der Waals surface area contributed by atoms with E-state index in [1.807, 2.05) is 18.2 Å². The highest BCUT2D eigenvalue weighted by Gasteiger charge is 2.20. The molecule has 1 aliphatic carbocycles. The van der Waals surface area contributed by atoms with Crippen LogP contribution in [0, 0.1) is 5.92 Å². The average Bonchev–Trinajstić information content (AvgIpc) is 2.38. The molecule has 1 atom stereocenters. The van der Waals surface area contributed by atoms with Crippen LogP contribution >= 0.6 is 0 Å². The summed E-state index contributed by atoms with van der Waals surface area (Å²) in [5.41, 5.74) is 1.17. The quantitative estimate of drug-likeness (QED) is 0.890. The number of rotatable bonds is 4. The molecule has 2 rings (SSSR count). The highest BCUT2D eigenvalue weighted by atomic mass is 16.5. The maximum atomic E-state index is 10.5. The Morgan fingerprint density at radius 2 is 1.84 bits per heavy atom. The zero-order valence-corrected chi connectivity index (χ0v) is 12.0. The molecule has 1 N–H and O–H groups in total. The van der Waals surface area contributed by atoms with Gasteiger partial charge in [-0.1, -0.05) is 44.2 Å². The zero-order valence-electron chi connectivity index (χ0n) is 12.0. The van der Waals surface area contributed by atoms with Gasteiger partial charge < -0.3 is 9.84 Å². The van der Waals surface area contributed by atoms with Gasteiger partial charge >= 0.3 is 0 Å².